The fraction of sp³-hybridized carbons (Fsp3) is 0.333. The molecule has 1 aromatic rings. The van der Waals surface area contributed by atoms with Crippen molar-refractivity contribution in [2.45, 2.75) is 13.3 Å². The Bertz CT molecular complexity index is 465. The van der Waals surface area contributed by atoms with Crippen LogP contribution in [0.25, 0.3) is 0 Å². The van der Waals surface area contributed by atoms with Crippen LogP contribution in [0.2, 0.25) is 5.02 Å². The van der Waals surface area contributed by atoms with E-state index in [1.165, 1.54) is 12.1 Å². The van der Waals surface area contributed by atoms with Crippen molar-refractivity contribution >= 4 is 23.5 Å². The van der Waals surface area contributed by atoms with Gasteiger partial charge in [-0.1, -0.05) is 18.5 Å². The van der Waals surface area contributed by atoms with Gasteiger partial charge in [-0.05, 0) is 24.6 Å². The average Bonchev–Trinajstić information content (AvgIpc) is 2.32. The summed E-state index contributed by atoms with van der Waals surface area (Å²) in [4.78, 5) is 22.2. The number of hydrogen-bond donors (Lipinski definition) is 2. The maximum atomic E-state index is 12.9. The highest BCUT2D eigenvalue weighted by Crippen LogP contribution is 2.15. The van der Waals surface area contributed by atoms with E-state index >= 15 is 0 Å². The fourth-order valence-corrected chi connectivity index (χ4v) is 1.45. The second-order valence-electron chi connectivity index (χ2n) is 3.91. The molecule has 0 saturated carbocycles. The van der Waals surface area contributed by atoms with E-state index in [2.05, 4.69) is 5.32 Å². The van der Waals surface area contributed by atoms with Gasteiger partial charge in [0.2, 0.25) is 0 Å². The number of carboxylic acids is 1. The number of amides is 1. The molecule has 0 aliphatic heterocycles. The smallest absolute Gasteiger partial charge is 0.306 e. The van der Waals surface area contributed by atoms with Crippen molar-refractivity contribution in [1.29, 1.82) is 0 Å². The standard InChI is InChI=1S/C12H13ClFNO3/c1-7(12(17)18)4-5-15-11(16)8-2-3-10(14)9(13)6-8/h2-3,6-7H,4-5H2,1H3,(H,15,16)(H,17,18). The van der Waals surface area contributed by atoms with Crippen LogP contribution in [0, 0.1) is 11.7 Å². The molecule has 2 N–H and O–H groups in total. The van der Waals surface area contributed by atoms with Crippen molar-refractivity contribution in [3.8, 4) is 0 Å². The van der Waals surface area contributed by atoms with Gasteiger partial charge in [0, 0.05) is 12.1 Å². The number of rotatable bonds is 5. The Morgan fingerprint density at radius 2 is 2.17 bits per heavy atom. The van der Waals surface area contributed by atoms with Crippen molar-refractivity contribution in [3.05, 3.63) is 34.6 Å². The first-order valence-electron chi connectivity index (χ1n) is 5.38. The summed E-state index contributed by atoms with van der Waals surface area (Å²) in [6, 6.07) is 3.65. The lowest BCUT2D eigenvalue weighted by Gasteiger charge is -2.08. The van der Waals surface area contributed by atoms with E-state index in [4.69, 9.17) is 16.7 Å². The van der Waals surface area contributed by atoms with Crippen LogP contribution in [0.1, 0.15) is 23.7 Å². The van der Waals surface area contributed by atoms with Crippen LogP contribution in [-0.4, -0.2) is 23.5 Å². The molecule has 0 spiro atoms. The minimum Gasteiger partial charge on any atom is -0.481 e. The van der Waals surface area contributed by atoms with Crippen LogP contribution in [0.4, 0.5) is 4.39 Å². The van der Waals surface area contributed by atoms with Crippen molar-refractivity contribution in [3.63, 3.8) is 0 Å². The van der Waals surface area contributed by atoms with E-state index in [-0.39, 0.29) is 17.1 Å². The van der Waals surface area contributed by atoms with Crippen LogP contribution in [0.15, 0.2) is 18.2 Å². The number of carboxylic acid groups (broad SMARTS) is 1. The summed E-state index contributed by atoms with van der Waals surface area (Å²) in [5, 5.41) is 11.1. The van der Waals surface area contributed by atoms with Crippen molar-refractivity contribution in [2.75, 3.05) is 6.54 Å². The normalized spacial score (nSPS) is 11.9. The van der Waals surface area contributed by atoms with Gasteiger partial charge in [-0.15, -0.1) is 0 Å². The van der Waals surface area contributed by atoms with Crippen LogP contribution < -0.4 is 5.32 Å². The molecular weight excluding hydrogens is 261 g/mol. The summed E-state index contributed by atoms with van der Waals surface area (Å²) in [6.07, 6.45) is 0.329. The molecule has 0 aromatic heterocycles. The van der Waals surface area contributed by atoms with Crippen LogP contribution in [-0.2, 0) is 4.79 Å². The molecule has 0 bridgehead atoms. The van der Waals surface area contributed by atoms with E-state index in [1.807, 2.05) is 0 Å². The Morgan fingerprint density at radius 1 is 1.50 bits per heavy atom. The molecule has 1 unspecified atom stereocenters. The lowest BCUT2D eigenvalue weighted by atomic mass is 10.1. The van der Waals surface area contributed by atoms with Crippen LogP contribution >= 0.6 is 11.6 Å². The summed E-state index contributed by atoms with van der Waals surface area (Å²) in [6.45, 7) is 1.80. The van der Waals surface area contributed by atoms with E-state index < -0.39 is 23.6 Å². The minimum atomic E-state index is -0.908. The van der Waals surface area contributed by atoms with Crippen molar-refractivity contribution in [1.82, 2.24) is 5.32 Å². The SMILES string of the molecule is CC(CCNC(=O)c1ccc(F)c(Cl)c1)C(=O)O. The largest absolute Gasteiger partial charge is 0.481 e. The van der Waals surface area contributed by atoms with E-state index in [9.17, 15) is 14.0 Å². The molecule has 0 aliphatic carbocycles. The number of halogens is 2. The molecule has 1 aromatic carbocycles. The number of benzene rings is 1. The van der Waals surface area contributed by atoms with E-state index in [1.54, 1.807) is 6.92 Å². The highest BCUT2D eigenvalue weighted by Gasteiger charge is 2.12. The monoisotopic (exact) mass is 273 g/mol. The minimum absolute atomic E-state index is 0.124. The lowest BCUT2D eigenvalue weighted by molar-refractivity contribution is -0.141. The Hall–Kier alpha value is -1.62. The zero-order valence-electron chi connectivity index (χ0n) is 9.74. The van der Waals surface area contributed by atoms with Crippen LogP contribution in [0.3, 0.4) is 0 Å². The number of nitrogens with one attached hydrogen (secondary N) is 1. The van der Waals surface area contributed by atoms with Gasteiger partial charge in [-0.3, -0.25) is 9.59 Å². The molecule has 6 heteroatoms. The first-order valence-corrected chi connectivity index (χ1v) is 5.75. The second kappa shape index (κ2) is 6.35. The molecule has 0 fully saturated rings. The Balaban J connectivity index is 2.50. The van der Waals surface area contributed by atoms with Gasteiger partial charge in [-0.25, -0.2) is 4.39 Å². The summed E-state index contributed by atoms with van der Waals surface area (Å²) in [5.74, 6) is -2.43. The van der Waals surface area contributed by atoms with Crippen molar-refractivity contribution in [2.24, 2.45) is 5.92 Å². The van der Waals surface area contributed by atoms with Gasteiger partial charge in [0.15, 0.2) is 0 Å². The van der Waals surface area contributed by atoms with Crippen LogP contribution in [0.5, 0.6) is 0 Å². The molecule has 0 radical (unpaired) electrons. The summed E-state index contributed by atoms with van der Waals surface area (Å²) in [5.41, 5.74) is 0.240. The highest BCUT2D eigenvalue weighted by atomic mass is 35.5. The Morgan fingerprint density at radius 3 is 2.72 bits per heavy atom. The molecule has 4 nitrogen and oxygen atoms in total. The number of carbonyl (C=O) groups excluding carboxylic acids is 1. The Labute approximate surface area is 109 Å². The average molecular weight is 274 g/mol. The van der Waals surface area contributed by atoms with Gasteiger partial charge in [0.25, 0.3) is 5.91 Å². The Kier molecular flexibility index (Phi) is 5.09. The van der Waals surface area contributed by atoms with Gasteiger partial charge in [-0.2, -0.15) is 0 Å². The predicted molar refractivity (Wildman–Crippen MR) is 65.2 cm³/mol. The lowest BCUT2D eigenvalue weighted by Crippen LogP contribution is -2.27. The first kappa shape index (κ1) is 14.4. The molecule has 18 heavy (non-hydrogen) atoms. The van der Waals surface area contributed by atoms with Gasteiger partial charge < -0.3 is 10.4 Å². The topological polar surface area (TPSA) is 66.4 Å². The molecule has 0 heterocycles. The summed E-state index contributed by atoms with van der Waals surface area (Å²) < 4.78 is 12.9. The third-order valence-corrected chi connectivity index (χ3v) is 2.76. The highest BCUT2D eigenvalue weighted by molar-refractivity contribution is 6.31. The molecule has 1 amide bonds. The predicted octanol–water partition coefficient (Wildman–Crippen LogP) is 2.32. The molecule has 1 rings (SSSR count). The molecule has 1 atom stereocenters. The quantitative estimate of drug-likeness (QED) is 0.865. The molecule has 0 saturated heterocycles. The summed E-state index contributed by atoms with van der Waals surface area (Å²) in [7, 11) is 0. The second-order valence-corrected chi connectivity index (χ2v) is 4.32. The van der Waals surface area contributed by atoms with Gasteiger partial charge >= 0.3 is 5.97 Å². The first-order chi connectivity index (χ1) is 8.41. The molecular formula is C12H13ClFNO3. The summed E-state index contributed by atoms with van der Waals surface area (Å²) >= 11 is 5.55. The number of hydrogen-bond acceptors (Lipinski definition) is 2. The number of aliphatic carboxylic acids is 1. The third-order valence-electron chi connectivity index (χ3n) is 2.47. The van der Waals surface area contributed by atoms with Gasteiger partial charge in [0.1, 0.15) is 5.82 Å². The number of carbonyl (C=O) groups is 2. The fourth-order valence-electron chi connectivity index (χ4n) is 1.27. The third kappa shape index (κ3) is 4.00. The zero-order valence-corrected chi connectivity index (χ0v) is 10.5. The maximum Gasteiger partial charge on any atom is 0.306 e. The molecule has 0 aliphatic rings. The van der Waals surface area contributed by atoms with E-state index in [0.29, 0.717) is 6.42 Å². The zero-order chi connectivity index (χ0) is 13.7. The molecule has 98 valence electrons. The van der Waals surface area contributed by atoms with Gasteiger partial charge in [0.05, 0.1) is 10.9 Å². The van der Waals surface area contributed by atoms with E-state index in [0.717, 1.165) is 6.07 Å². The maximum absolute atomic E-state index is 12.9. The van der Waals surface area contributed by atoms with Crippen molar-refractivity contribution < 1.29 is 19.1 Å².